The fraction of sp³-hybridized carbons (Fsp3) is 0.944. The van der Waals surface area contributed by atoms with Crippen LogP contribution in [0, 0.1) is 5.41 Å². The van der Waals surface area contributed by atoms with Crippen LogP contribution in [0.3, 0.4) is 0 Å². The van der Waals surface area contributed by atoms with E-state index in [2.05, 4.69) is 44.6 Å². The highest BCUT2D eigenvalue weighted by molar-refractivity contribution is 14.0. The quantitative estimate of drug-likeness (QED) is 0.216. The van der Waals surface area contributed by atoms with E-state index < -0.39 is 0 Å². The van der Waals surface area contributed by atoms with Crippen LogP contribution in [-0.2, 0) is 4.74 Å². The highest BCUT2D eigenvalue weighted by atomic mass is 127. The number of aliphatic imine (C=N–C) groups is 1. The average molecular weight is 471 g/mol. The second-order valence-corrected chi connectivity index (χ2v) is 8.68. The Balaban J connectivity index is 0.00000529. The molecule has 24 heavy (non-hydrogen) atoms. The third kappa shape index (κ3) is 9.13. The lowest BCUT2D eigenvalue weighted by Crippen LogP contribution is -2.44. The molecule has 6 heteroatoms. The van der Waals surface area contributed by atoms with Crippen molar-refractivity contribution in [1.29, 1.82) is 0 Å². The third-order valence-corrected chi connectivity index (χ3v) is 6.02. The van der Waals surface area contributed by atoms with E-state index in [-0.39, 0.29) is 28.7 Å². The van der Waals surface area contributed by atoms with Crippen molar-refractivity contribution in [3.8, 4) is 0 Å². The molecule has 0 atom stereocenters. The normalized spacial score (nSPS) is 17.5. The molecule has 0 spiro atoms. The summed E-state index contributed by atoms with van der Waals surface area (Å²) in [6, 6.07) is 0. The molecule has 0 unspecified atom stereocenters. The van der Waals surface area contributed by atoms with Crippen molar-refractivity contribution >= 4 is 41.7 Å². The van der Waals surface area contributed by atoms with Gasteiger partial charge in [0.1, 0.15) is 0 Å². The molecule has 0 aromatic heterocycles. The first-order valence-electron chi connectivity index (χ1n) is 9.12. The second kappa shape index (κ2) is 12.6. The fourth-order valence-corrected chi connectivity index (χ4v) is 3.21. The molecule has 0 aromatic rings. The fourth-order valence-electron chi connectivity index (χ4n) is 3.02. The van der Waals surface area contributed by atoms with Gasteiger partial charge in [0, 0.05) is 31.1 Å². The zero-order valence-corrected chi connectivity index (χ0v) is 19.4. The van der Waals surface area contributed by atoms with E-state index in [9.17, 15) is 0 Å². The maximum atomic E-state index is 5.61. The summed E-state index contributed by atoms with van der Waals surface area (Å²) in [5, 5.41) is 6.99. The smallest absolute Gasteiger partial charge is 0.191 e. The molecule has 144 valence electrons. The average Bonchev–Trinajstić information content (AvgIpc) is 3.00. The molecule has 0 aromatic carbocycles. The molecule has 0 aliphatic heterocycles. The van der Waals surface area contributed by atoms with Gasteiger partial charge in [0.15, 0.2) is 5.96 Å². The monoisotopic (exact) mass is 471 g/mol. The van der Waals surface area contributed by atoms with Crippen LogP contribution in [0.25, 0.3) is 0 Å². The Bertz CT molecular complexity index is 358. The number of hydrogen-bond donors (Lipinski definition) is 2. The molecule has 0 saturated heterocycles. The van der Waals surface area contributed by atoms with Gasteiger partial charge in [-0.25, -0.2) is 0 Å². The van der Waals surface area contributed by atoms with Crippen molar-refractivity contribution in [3.63, 3.8) is 0 Å². The number of halogens is 1. The summed E-state index contributed by atoms with van der Waals surface area (Å²) in [4.78, 5) is 4.79. The molecule has 1 aliphatic rings. The van der Waals surface area contributed by atoms with Crippen molar-refractivity contribution in [3.05, 3.63) is 0 Å². The van der Waals surface area contributed by atoms with E-state index >= 15 is 0 Å². The minimum Gasteiger partial charge on any atom is -0.382 e. The summed E-state index contributed by atoms with van der Waals surface area (Å²) in [6.07, 6.45) is 8.62. The van der Waals surface area contributed by atoms with Gasteiger partial charge < -0.3 is 15.4 Å². The predicted molar refractivity (Wildman–Crippen MR) is 119 cm³/mol. The zero-order chi connectivity index (χ0) is 17.2. The summed E-state index contributed by atoms with van der Waals surface area (Å²) in [5.74, 6) is 0.956. The van der Waals surface area contributed by atoms with Crippen LogP contribution in [0.1, 0.15) is 59.8 Å². The Hall–Kier alpha value is 0.310. The Morgan fingerprint density at radius 2 is 1.88 bits per heavy atom. The van der Waals surface area contributed by atoms with Crippen molar-refractivity contribution in [1.82, 2.24) is 10.6 Å². The molecular weight excluding hydrogens is 433 g/mol. The van der Waals surface area contributed by atoms with Gasteiger partial charge in [-0.15, -0.1) is 24.0 Å². The van der Waals surface area contributed by atoms with Gasteiger partial charge in [-0.1, -0.05) is 12.8 Å². The Morgan fingerprint density at radius 3 is 2.42 bits per heavy atom. The maximum Gasteiger partial charge on any atom is 0.191 e. The van der Waals surface area contributed by atoms with Crippen molar-refractivity contribution in [2.24, 2.45) is 10.4 Å². The summed E-state index contributed by atoms with van der Waals surface area (Å²) in [6.45, 7) is 13.1. The Labute approximate surface area is 170 Å². The van der Waals surface area contributed by atoms with Crippen LogP contribution < -0.4 is 10.6 Å². The second-order valence-electron chi connectivity index (χ2n) is 7.17. The Kier molecular flexibility index (Phi) is 12.8. The van der Waals surface area contributed by atoms with Crippen LogP contribution in [0.2, 0.25) is 0 Å². The van der Waals surface area contributed by atoms with E-state index in [0.29, 0.717) is 5.41 Å². The van der Waals surface area contributed by atoms with E-state index in [0.717, 1.165) is 45.2 Å². The lowest BCUT2D eigenvalue weighted by atomic mass is 9.83. The number of rotatable bonds is 10. The zero-order valence-electron chi connectivity index (χ0n) is 16.2. The molecule has 0 amide bonds. The first-order valence-corrected chi connectivity index (χ1v) is 10.3. The summed E-state index contributed by atoms with van der Waals surface area (Å²) in [5.41, 5.74) is 0.389. The number of nitrogens with one attached hydrogen (secondary N) is 2. The molecule has 0 bridgehead atoms. The van der Waals surface area contributed by atoms with Crippen molar-refractivity contribution < 1.29 is 4.74 Å². The van der Waals surface area contributed by atoms with Crippen molar-refractivity contribution in [2.45, 2.75) is 64.5 Å². The molecule has 0 heterocycles. The molecule has 4 nitrogen and oxygen atoms in total. The van der Waals surface area contributed by atoms with E-state index in [1.54, 1.807) is 0 Å². The maximum absolute atomic E-state index is 5.61. The standard InChI is InChI=1S/C18H37N3OS.HI/c1-6-19-16(20-14-17(3,4)23-5)21-15-18(10-8-9-11-18)12-13-22-7-2;/h6-15H2,1-5H3,(H2,19,20,21);1H. The van der Waals surface area contributed by atoms with Crippen LogP contribution >= 0.6 is 35.7 Å². The van der Waals surface area contributed by atoms with Crippen LogP contribution in [0.4, 0.5) is 0 Å². The summed E-state index contributed by atoms with van der Waals surface area (Å²) < 4.78 is 5.79. The largest absolute Gasteiger partial charge is 0.382 e. The van der Waals surface area contributed by atoms with Gasteiger partial charge in [-0.3, -0.25) is 4.99 Å². The molecular formula is C18H38IN3OS. The molecule has 0 radical (unpaired) electrons. The van der Waals surface area contributed by atoms with Gasteiger partial charge >= 0.3 is 0 Å². The highest BCUT2D eigenvalue weighted by Crippen LogP contribution is 2.40. The van der Waals surface area contributed by atoms with Gasteiger partial charge in [-0.2, -0.15) is 11.8 Å². The van der Waals surface area contributed by atoms with E-state index in [1.165, 1.54) is 25.7 Å². The van der Waals surface area contributed by atoms with Gasteiger partial charge in [0.05, 0.1) is 6.54 Å². The Morgan fingerprint density at radius 1 is 1.21 bits per heavy atom. The number of thioether (sulfide) groups is 1. The molecule has 2 N–H and O–H groups in total. The summed E-state index contributed by atoms with van der Waals surface area (Å²) >= 11 is 1.86. The van der Waals surface area contributed by atoms with Gasteiger partial charge in [0.25, 0.3) is 0 Å². The lowest BCUT2D eigenvalue weighted by Gasteiger charge is -2.30. The van der Waals surface area contributed by atoms with E-state index in [4.69, 9.17) is 9.73 Å². The van der Waals surface area contributed by atoms with Crippen LogP contribution in [0.5, 0.6) is 0 Å². The van der Waals surface area contributed by atoms with Gasteiger partial charge in [-0.05, 0) is 58.6 Å². The number of guanidine groups is 1. The lowest BCUT2D eigenvalue weighted by molar-refractivity contribution is 0.105. The first kappa shape index (κ1) is 24.3. The number of ether oxygens (including phenoxy) is 1. The minimum absolute atomic E-state index is 0. The molecule has 1 aliphatic carbocycles. The highest BCUT2D eigenvalue weighted by Gasteiger charge is 2.33. The number of nitrogens with zero attached hydrogens (tertiary/aromatic N) is 1. The van der Waals surface area contributed by atoms with Crippen LogP contribution in [0.15, 0.2) is 4.99 Å². The predicted octanol–water partition coefficient (Wildman–Crippen LogP) is 4.29. The SMILES string of the molecule is CCNC(=NCC(C)(C)SC)NCC1(CCOCC)CCCC1.I. The topological polar surface area (TPSA) is 45.7 Å². The van der Waals surface area contributed by atoms with E-state index in [1.807, 2.05) is 11.8 Å². The molecule has 1 rings (SSSR count). The molecule has 1 saturated carbocycles. The molecule has 1 fully saturated rings. The third-order valence-electron chi connectivity index (χ3n) is 4.79. The van der Waals surface area contributed by atoms with Crippen molar-refractivity contribution in [2.75, 3.05) is 39.1 Å². The van der Waals surface area contributed by atoms with Crippen LogP contribution in [-0.4, -0.2) is 49.8 Å². The first-order chi connectivity index (χ1) is 11.0. The van der Waals surface area contributed by atoms with Gasteiger partial charge in [0.2, 0.25) is 0 Å². The minimum atomic E-state index is 0. The summed E-state index contributed by atoms with van der Waals surface area (Å²) in [7, 11) is 0. The number of hydrogen-bond acceptors (Lipinski definition) is 3.